The van der Waals surface area contributed by atoms with Crippen molar-refractivity contribution in [3.8, 4) is 17.0 Å². The summed E-state index contributed by atoms with van der Waals surface area (Å²) in [6, 6.07) is 16.7. The standard InChI is InChI=1S/C22H23N5O5S/c1-2-32-18-9-7-17(8-10-18)19-11-12-22(24-23-19)25-13-15-26(16-14-25)33(30,31)21-6-4-3-5-20(21)27(28)29/h3-12H,2,13-16H2,1H3. The lowest BCUT2D eigenvalue weighted by Gasteiger charge is -2.34. The molecule has 3 aromatic rings. The zero-order valence-corrected chi connectivity index (χ0v) is 18.8. The van der Waals surface area contributed by atoms with Crippen molar-refractivity contribution in [2.24, 2.45) is 0 Å². The normalized spacial score (nSPS) is 14.8. The van der Waals surface area contributed by atoms with E-state index in [0.29, 0.717) is 25.5 Å². The Balaban J connectivity index is 1.43. The number of nitro groups is 1. The van der Waals surface area contributed by atoms with Crippen LogP contribution in [0, 0.1) is 10.1 Å². The highest BCUT2D eigenvalue weighted by Crippen LogP contribution is 2.28. The monoisotopic (exact) mass is 469 g/mol. The number of sulfonamides is 1. The van der Waals surface area contributed by atoms with Gasteiger partial charge in [0, 0.05) is 37.8 Å². The number of para-hydroxylation sites is 1. The predicted octanol–water partition coefficient (Wildman–Crippen LogP) is 2.96. The number of aromatic nitrogens is 2. The Kier molecular flexibility index (Phi) is 6.52. The smallest absolute Gasteiger partial charge is 0.289 e. The number of piperazine rings is 1. The molecule has 10 nitrogen and oxygen atoms in total. The van der Waals surface area contributed by atoms with Crippen LogP contribution in [0.2, 0.25) is 0 Å². The molecule has 33 heavy (non-hydrogen) atoms. The summed E-state index contributed by atoms with van der Waals surface area (Å²) in [5.41, 5.74) is 1.22. The molecule has 0 unspecified atom stereocenters. The largest absolute Gasteiger partial charge is 0.494 e. The third-order valence-corrected chi connectivity index (χ3v) is 7.30. The molecule has 1 fully saturated rings. The van der Waals surface area contributed by atoms with E-state index in [9.17, 15) is 18.5 Å². The second-order valence-electron chi connectivity index (χ2n) is 7.35. The van der Waals surface area contributed by atoms with Crippen LogP contribution >= 0.6 is 0 Å². The van der Waals surface area contributed by atoms with Crippen LogP contribution < -0.4 is 9.64 Å². The molecular weight excluding hydrogens is 446 g/mol. The summed E-state index contributed by atoms with van der Waals surface area (Å²) in [5.74, 6) is 1.44. The van der Waals surface area contributed by atoms with E-state index < -0.39 is 20.6 Å². The van der Waals surface area contributed by atoms with E-state index in [1.54, 1.807) is 0 Å². The molecule has 0 spiro atoms. The first kappa shape index (κ1) is 22.6. The van der Waals surface area contributed by atoms with Gasteiger partial charge in [0.15, 0.2) is 10.7 Å². The van der Waals surface area contributed by atoms with E-state index in [2.05, 4.69) is 10.2 Å². The summed E-state index contributed by atoms with van der Waals surface area (Å²) in [4.78, 5) is 12.2. The molecule has 0 atom stereocenters. The lowest BCUT2D eigenvalue weighted by Crippen LogP contribution is -2.49. The molecule has 4 rings (SSSR count). The minimum atomic E-state index is -3.98. The Labute approximate surface area is 191 Å². The first-order valence-corrected chi connectivity index (χ1v) is 11.9. The van der Waals surface area contributed by atoms with Gasteiger partial charge in [-0.15, -0.1) is 10.2 Å². The SMILES string of the molecule is CCOc1ccc(-c2ccc(N3CCN(S(=O)(=O)c4ccccc4[N+](=O)[O-])CC3)nn2)cc1. The van der Waals surface area contributed by atoms with E-state index in [4.69, 9.17) is 4.74 Å². The molecule has 1 aliphatic heterocycles. The van der Waals surface area contributed by atoms with Gasteiger partial charge in [0.1, 0.15) is 5.75 Å². The number of benzene rings is 2. The Morgan fingerprint density at radius 2 is 1.67 bits per heavy atom. The summed E-state index contributed by atoms with van der Waals surface area (Å²) < 4.78 is 32.7. The van der Waals surface area contributed by atoms with Crippen LogP contribution in [0.25, 0.3) is 11.3 Å². The van der Waals surface area contributed by atoms with Crippen molar-refractivity contribution >= 4 is 21.5 Å². The van der Waals surface area contributed by atoms with E-state index >= 15 is 0 Å². The maximum atomic E-state index is 13.0. The lowest BCUT2D eigenvalue weighted by atomic mass is 10.1. The fourth-order valence-corrected chi connectivity index (χ4v) is 5.24. The van der Waals surface area contributed by atoms with Gasteiger partial charge in [-0.1, -0.05) is 12.1 Å². The number of rotatable bonds is 7. The van der Waals surface area contributed by atoms with Gasteiger partial charge in [0.2, 0.25) is 10.0 Å². The summed E-state index contributed by atoms with van der Waals surface area (Å²) in [5, 5.41) is 19.9. The van der Waals surface area contributed by atoms with Crippen LogP contribution in [-0.2, 0) is 10.0 Å². The first-order chi connectivity index (χ1) is 15.9. The third kappa shape index (κ3) is 4.78. The average molecular weight is 470 g/mol. The van der Waals surface area contributed by atoms with Crippen LogP contribution in [0.3, 0.4) is 0 Å². The molecule has 2 aromatic carbocycles. The van der Waals surface area contributed by atoms with E-state index in [1.165, 1.54) is 28.6 Å². The Morgan fingerprint density at radius 1 is 0.970 bits per heavy atom. The average Bonchev–Trinajstić information content (AvgIpc) is 2.85. The highest BCUT2D eigenvalue weighted by molar-refractivity contribution is 7.89. The third-order valence-electron chi connectivity index (χ3n) is 5.35. The van der Waals surface area contributed by atoms with Gasteiger partial charge in [0.05, 0.1) is 17.2 Å². The van der Waals surface area contributed by atoms with Crippen LogP contribution in [0.5, 0.6) is 5.75 Å². The predicted molar refractivity (Wildman–Crippen MR) is 123 cm³/mol. The molecule has 172 valence electrons. The molecule has 1 aromatic heterocycles. The van der Waals surface area contributed by atoms with E-state index in [1.807, 2.05) is 48.2 Å². The van der Waals surface area contributed by atoms with Gasteiger partial charge >= 0.3 is 0 Å². The quantitative estimate of drug-likeness (QED) is 0.383. The van der Waals surface area contributed by atoms with Gasteiger partial charge in [-0.3, -0.25) is 10.1 Å². The molecule has 2 heterocycles. The van der Waals surface area contributed by atoms with Gasteiger partial charge in [-0.2, -0.15) is 4.31 Å². The minimum Gasteiger partial charge on any atom is -0.494 e. The van der Waals surface area contributed by atoms with Gasteiger partial charge in [-0.05, 0) is 49.4 Å². The fraction of sp³-hybridized carbons (Fsp3) is 0.273. The molecule has 0 radical (unpaired) electrons. The number of nitrogens with zero attached hydrogens (tertiary/aromatic N) is 5. The molecule has 1 aliphatic rings. The molecular formula is C22H23N5O5S. The Morgan fingerprint density at radius 3 is 2.27 bits per heavy atom. The number of ether oxygens (including phenoxy) is 1. The van der Waals surface area contributed by atoms with Gasteiger partial charge in [0.25, 0.3) is 5.69 Å². The number of hydrogen-bond acceptors (Lipinski definition) is 8. The zero-order chi connectivity index (χ0) is 23.4. The van der Waals surface area contributed by atoms with Crippen molar-refractivity contribution in [2.75, 3.05) is 37.7 Å². The summed E-state index contributed by atoms with van der Waals surface area (Å²) in [7, 11) is -3.98. The first-order valence-electron chi connectivity index (χ1n) is 10.5. The van der Waals surface area contributed by atoms with E-state index in [-0.39, 0.29) is 18.0 Å². The number of hydrogen-bond donors (Lipinski definition) is 0. The molecule has 0 bridgehead atoms. The summed E-state index contributed by atoms with van der Waals surface area (Å²) >= 11 is 0. The summed E-state index contributed by atoms with van der Waals surface area (Å²) in [6.45, 7) is 3.71. The highest BCUT2D eigenvalue weighted by Gasteiger charge is 2.33. The van der Waals surface area contributed by atoms with Crippen molar-refractivity contribution in [1.82, 2.24) is 14.5 Å². The van der Waals surface area contributed by atoms with Crippen molar-refractivity contribution in [3.63, 3.8) is 0 Å². The van der Waals surface area contributed by atoms with Crippen molar-refractivity contribution in [3.05, 3.63) is 70.8 Å². The van der Waals surface area contributed by atoms with Gasteiger partial charge < -0.3 is 9.64 Å². The minimum absolute atomic E-state index is 0.191. The maximum absolute atomic E-state index is 13.0. The van der Waals surface area contributed by atoms with Crippen LogP contribution in [0.15, 0.2) is 65.6 Å². The molecule has 1 saturated heterocycles. The molecule has 0 amide bonds. The summed E-state index contributed by atoms with van der Waals surface area (Å²) in [6.07, 6.45) is 0. The Hall–Kier alpha value is -3.57. The second-order valence-corrected chi connectivity index (χ2v) is 9.26. The molecule has 0 aliphatic carbocycles. The van der Waals surface area contributed by atoms with Crippen molar-refractivity contribution in [1.29, 1.82) is 0 Å². The fourth-order valence-electron chi connectivity index (χ4n) is 3.66. The Bertz CT molecular complexity index is 1220. The van der Waals surface area contributed by atoms with Crippen LogP contribution in [0.4, 0.5) is 11.5 Å². The number of anilines is 1. The molecule has 0 saturated carbocycles. The molecule has 11 heteroatoms. The lowest BCUT2D eigenvalue weighted by molar-refractivity contribution is -0.387. The molecule has 0 N–H and O–H groups in total. The van der Waals surface area contributed by atoms with Crippen molar-refractivity contribution in [2.45, 2.75) is 11.8 Å². The topological polar surface area (TPSA) is 119 Å². The van der Waals surface area contributed by atoms with Crippen LogP contribution in [-0.4, -0.2) is 60.6 Å². The second kappa shape index (κ2) is 9.51. The maximum Gasteiger partial charge on any atom is 0.289 e. The van der Waals surface area contributed by atoms with Crippen molar-refractivity contribution < 1.29 is 18.1 Å². The van der Waals surface area contributed by atoms with E-state index in [0.717, 1.165) is 17.0 Å². The van der Waals surface area contributed by atoms with Crippen LogP contribution in [0.1, 0.15) is 6.92 Å². The number of nitro benzene ring substituents is 1. The van der Waals surface area contributed by atoms with Gasteiger partial charge in [-0.25, -0.2) is 8.42 Å². The highest BCUT2D eigenvalue weighted by atomic mass is 32.2. The zero-order valence-electron chi connectivity index (χ0n) is 18.0.